The van der Waals surface area contributed by atoms with Crippen LogP contribution in [0.5, 0.6) is 0 Å². The fourth-order valence-corrected chi connectivity index (χ4v) is 3.64. The molecule has 23 heavy (non-hydrogen) atoms. The number of morpholine rings is 1. The van der Waals surface area contributed by atoms with Crippen molar-refractivity contribution in [3.63, 3.8) is 0 Å². The molecule has 0 aromatic heterocycles. The molecule has 2 amide bonds. The van der Waals surface area contributed by atoms with E-state index in [0.29, 0.717) is 31.5 Å². The smallest absolute Gasteiger partial charge is 0.227 e. The molecular weight excluding hydrogens is 292 g/mol. The maximum atomic E-state index is 12.5. The molecule has 0 N–H and O–H groups in total. The van der Waals surface area contributed by atoms with Crippen molar-refractivity contribution in [1.82, 2.24) is 9.80 Å². The van der Waals surface area contributed by atoms with E-state index in [1.54, 1.807) is 0 Å². The molecule has 5 heteroatoms. The number of nitrogens with zero attached hydrogens (tertiary/aromatic N) is 2. The normalized spacial score (nSPS) is 26.3. The fraction of sp³-hybridized carbons (Fsp3) is 0.889. The highest BCUT2D eigenvalue weighted by molar-refractivity contribution is 5.81. The lowest BCUT2D eigenvalue weighted by atomic mass is 9.80. The summed E-state index contributed by atoms with van der Waals surface area (Å²) >= 11 is 0. The van der Waals surface area contributed by atoms with E-state index in [2.05, 4.69) is 6.92 Å². The van der Waals surface area contributed by atoms with Crippen LogP contribution < -0.4 is 0 Å². The molecule has 0 aromatic carbocycles. The Labute approximate surface area is 140 Å². The molecule has 0 spiro atoms. The zero-order valence-electron chi connectivity index (χ0n) is 15.1. The van der Waals surface area contributed by atoms with Gasteiger partial charge in [0.25, 0.3) is 0 Å². The maximum Gasteiger partial charge on any atom is 0.227 e. The van der Waals surface area contributed by atoms with Crippen molar-refractivity contribution >= 4 is 11.8 Å². The van der Waals surface area contributed by atoms with Crippen LogP contribution in [-0.4, -0.2) is 61.0 Å². The number of amides is 2. The number of carbonyl (C=O) groups excluding carboxylic acids is 2. The Bertz CT molecular complexity index is 424. The molecule has 2 heterocycles. The molecular formula is C18H32N2O3. The largest absolute Gasteiger partial charge is 0.378 e. The van der Waals surface area contributed by atoms with E-state index in [-0.39, 0.29) is 17.2 Å². The number of hydrogen-bond acceptors (Lipinski definition) is 3. The van der Waals surface area contributed by atoms with Gasteiger partial charge in [-0.3, -0.25) is 9.59 Å². The first-order valence-corrected chi connectivity index (χ1v) is 8.97. The molecule has 0 aliphatic carbocycles. The Morgan fingerprint density at radius 2 is 1.70 bits per heavy atom. The summed E-state index contributed by atoms with van der Waals surface area (Å²) in [7, 11) is 0. The highest BCUT2D eigenvalue weighted by Gasteiger charge is 2.36. The third kappa shape index (κ3) is 4.69. The van der Waals surface area contributed by atoms with Gasteiger partial charge in [-0.25, -0.2) is 0 Å². The van der Waals surface area contributed by atoms with E-state index in [9.17, 15) is 9.59 Å². The average molecular weight is 324 g/mol. The van der Waals surface area contributed by atoms with E-state index in [1.165, 1.54) is 0 Å². The highest BCUT2D eigenvalue weighted by Crippen LogP contribution is 2.31. The third-order valence-electron chi connectivity index (χ3n) is 5.15. The summed E-state index contributed by atoms with van der Waals surface area (Å²) in [6.45, 7) is 12.4. The fourth-order valence-electron chi connectivity index (χ4n) is 3.64. The van der Waals surface area contributed by atoms with Gasteiger partial charge in [-0.15, -0.1) is 0 Å². The van der Waals surface area contributed by atoms with Gasteiger partial charge in [0, 0.05) is 38.0 Å². The van der Waals surface area contributed by atoms with Crippen LogP contribution in [0.25, 0.3) is 0 Å². The number of ether oxygens (including phenoxy) is 1. The quantitative estimate of drug-likeness (QED) is 0.799. The van der Waals surface area contributed by atoms with E-state index in [0.717, 1.165) is 39.0 Å². The Kier molecular flexibility index (Phi) is 6.06. The van der Waals surface area contributed by atoms with Crippen molar-refractivity contribution in [3.05, 3.63) is 0 Å². The standard InChI is InChI=1S/C18H32N2O3/c1-5-14-13-20(17(22)18(2,3)4)7-6-15(14)12-16(21)19-8-10-23-11-9-19/h14-15H,5-13H2,1-4H3. The van der Waals surface area contributed by atoms with Gasteiger partial charge in [0.2, 0.25) is 11.8 Å². The Morgan fingerprint density at radius 1 is 1.04 bits per heavy atom. The summed E-state index contributed by atoms with van der Waals surface area (Å²) in [5.74, 6) is 1.32. The second-order valence-electron chi connectivity index (χ2n) is 7.92. The summed E-state index contributed by atoms with van der Waals surface area (Å²) in [4.78, 5) is 28.9. The molecule has 132 valence electrons. The topological polar surface area (TPSA) is 49.9 Å². The monoisotopic (exact) mass is 324 g/mol. The number of rotatable bonds is 3. The molecule has 2 rings (SSSR count). The molecule has 2 aliphatic heterocycles. The predicted molar refractivity (Wildman–Crippen MR) is 89.9 cm³/mol. The second kappa shape index (κ2) is 7.65. The van der Waals surface area contributed by atoms with Gasteiger partial charge < -0.3 is 14.5 Å². The molecule has 0 radical (unpaired) electrons. The van der Waals surface area contributed by atoms with Crippen molar-refractivity contribution < 1.29 is 14.3 Å². The first kappa shape index (κ1) is 18.2. The lowest BCUT2D eigenvalue weighted by Crippen LogP contribution is -2.49. The van der Waals surface area contributed by atoms with Crippen LogP contribution in [0.1, 0.15) is 47.0 Å². The molecule has 2 aliphatic rings. The van der Waals surface area contributed by atoms with Gasteiger partial charge in [-0.05, 0) is 18.3 Å². The first-order valence-electron chi connectivity index (χ1n) is 8.97. The Morgan fingerprint density at radius 3 is 2.26 bits per heavy atom. The summed E-state index contributed by atoms with van der Waals surface area (Å²) in [5, 5.41) is 0. The predicted octanol–water partition coefficient (Wildman–Crippen LogP) is 2.16. The van der Waals surface area contributed by atoms with E-state index in [4.69, 9.17) is 4.74 Å². The molecule has 2 unspecified atom stereocenters. The number of likely N-dealkylation sites (tertiary alicyclic amines) is 1. The van der Waals surface area contributed by atoms with Crippen molar-refractivity contribution in [2.45, 2.75) is 47.0 Å². The van der Waals surface area contributed by atoms with Gasteiger partial charge in [-0.1, -0.05) is 34.1 Å². The van der Waals surface area contributed by atoms with Crippen LogP contribution in [0.3, 0.4) is 0 Å². The number of carbonyl (C=O) groups is 2. The molecule has 0 saturated carbocycles. The van der Waals surface area contributed by atoms with Crippen molar-refractivity contribution in [2.75, 3.05) is 39.4 Å². The molecule has 2 atom stereocenters. The first-order chi connectivity index (χ1) is 10.8. The maximum absolute atomic E-state index is 12.5. The van der Waals surface area contributed by atoms with Crippen LogP contribution in [0.2, 0.25) is 0 Å². The van der Waals surface area contributed by atoms with Gasteiger partial charge in [-0.2, -0.15) is 0 Å². The van der Waals surface area contributed by atoms with Crippen LogP contribution in [-0.2, 0) is 14.3 Å². The molecule has 2 saturated heterocycles. The summed E-state index contributed by atoms with van der Waals surface area (Å²) in [6.07, 6.45) is 2.58. The Balaban J connectivity index is 1.91. The molecule has 0 aromatic rings. The number of piperidine rings is 1. The minimum atomic E-state index is -0.325. The summed E-state index contributed by atoms with van der Waals surface area (Å²) in [6, 6.07) is 0. The molecule has 0 bridgehead atoms. The van der Waals surface area contributed by atoms with Crippen LogP contribution in [0.4, 0.5) is 0 Å². The lowest BCUT2D eigenvalue weighted by Gasteiger charge is -2.41. The van der Waals surface area contributed by atoms with Crippen LogP contribution >= 0.6 is 0 Å². The molecule has 5 nitrogen and oxygen atoms in total. The van der Waals surface area contributed by atoms with Gasteiger partial charge in [0.05, 0.1) is 13.2 Å². The Hall–Kier alpha value is -1.10. The minimum Gasteiger partial charge on any atom is -0.378 e. The van der Waals surface area contributed by atoms with Crippen LogP contribution in [0, 0.1) is 17.3 Å². The van der Waals surface area contributed by atoms with Gasteiger partial charge in [0.1, 0.15) is 0 Å². The summed E-state index contributed by atoms with van der Waals surface area (Å²) < 4.78 is 5.32. The van der Waals surface area contributed by atoms with Crippen molar-refractivity contribution in [2.24, 2.45) is 17.3 Å². The summed E-state index contributed by atoms with van der Waals surface area (Å²) in [5.41, 5.74) is -0.325. The zero-order chi connectivity index (χ0) is 17.0. The minimum absolute atomic E-state index is 0.230. The number of hydrogen-bond donors (Lipinski definition) is 0. The van der Waals surface area contributed by atoms with Gasteiger partial charge >= 0.3 is 0 Å². The highest BCUT2D eigenvalue weighted by atomic mass is 16.5. The third-order valence-corrected chi connectivity index (χ3v) is 5.15. The van der Waals surface area contributed by atoms with Crippen LogP contribution in [0.15, 0.2) is 0 Å². The van der Waals surface area contributed by atoms with E-state index < -0.39 is 0 Å². The average Bonchev–Trinajstić information content (AvgIpc) is 2.54. The van der Waals surface area contributed by atoms with Gasteiger partial charge in [0.15, 0.2) is 0 Å². The lowest BCUT2D eigenvalue weighted by molar-refractivity contribution is -0.143. The molecule has 2 fully saturated rings. The zero-order valence-corrected chi connectivity index (χ0v) is 15.1. The second-order valence-corrected chi connectivity index (χ2v) is 7.92. The van der Waals surface area contributed by atoms with Crippen molar-refractivity contribution in [1.29, 1.82) is 0 Å². The SMILES string of the molecule is CCC1CN(C(=O)C(C)(C)C)CCC1CC(=O)N1CCOCC1. The van der Waals surface area contributed by atoms with Crippen molar-refractivity contribution in [3.8, 4) is 0 Å². The van der Waals surface area contributed by atoms with E-state index >= 15 is 0 Å². The van der Waals surface area contributed by atoms with E-state index in [1.807, 2.05) is 30.6 Å².